The molecule has 0 spiro atoms. The summed E-state index contributed by atoms with van der Waals surface area (Å²) in [5.41, 5.74) is 0.831. The van der Waals surface area contributed by atoms with Gasteiger partial charge in [-0.25, -0.2) is 8.42 Å². The Labute approximate surface area is 99.5 Å². The molecule has 0 aliphatic carbocycles. The Morgan fingerprint density at radius 2 is 1.50 bits per heavy atom. The molecule has 0 rings (SSSR count). The molecule has 0 saturated carbocycles. The van der Waals surface area contributed by atoms with Crippen LogP contribution in [0.5, 0.6) is 0 Å². The summed E-state index contributed by atoms with van der Waals surface area (Å²) < 4.78 is 33.3. The minimum absolute atomic E-state index is 0. The average Bonchev–Trinajstić information content (AvgIpc) is 2.16. The zero-order valence-corrected chi connectivity index (χ0v) is 11.9. The molecule has 5 heteroatoms. The fourth-order valence-electron chi connectivity index (χ4n) is 2.06. The molecule has 4 nitrogen and oxygen atoms in total. The van der Waals surface area contributed by atoms with Crippen LogP contribution in [0.4, 0.5) is 0 Å². The van der Waals surface area contributed by atoms with Gasteiger partial charge in [-0.15, -0.1) is 0 Å². The van der Waals surface area contributed by atoms with Crippen molar-refractivity contribution in [3.63, 3.8) is 0 Å². The number of allylic oxidation sites excluding steroid dienone is 2. The maximum Gasteiger partial charge on any atom is 0.120 e. The van der Waals surface area contributed by atoms with E-state index in [1.807, 2.05) is 20.8 Å². The highest BCUT2D eigenvalue weighted by Crippen LogP contribution is 2.28. The van der Waals surface area contributed by atoms with E-state index in [2.05, 4.69) is 0 Å². The Morgan fingerprint density at radius 1 is 1.06 bits per heavy atom. The van der Waals surface area contributed by atoms with Crippen molar-refractivity contribution in [3.8, 4) is 0 Å². The number of rotatable bonds is 6. The molecule has 0 aromatic carbocycles. The van der Waals surface area contributed by atoms with Gasteiger partial charge in [0.15, 0.2) is 0 Å². The van der Waals surface area contributed by atoms with E-state index in [0.717, 1.165) is 18.4 Å². The van der Waals surface area contributed by atoms with Crippen LogP contribution in [0.2, 0.25) is 0 Å². The minimum Gasteiger partial charge on any atom is -0.744 e. The molecule has 0 atom stereocenters. The highest BCUT2D eigenvalue weighted by Gasteiger charge is 2.16. The van der Waals surface area contributed by atoms with Crippen molar-refractivity contribution >= 4 is 10.1 Å². The lowest BCUT2D eigenvalue weighted by Crippen LogP contribution is -2.11. The van der Waals surface area contributed by atoms with Crippen LogP contribution in [0.25, 0.3) is 0 Å². The average molecular weight is 251 g/mol. The largest absolute Gasteiger partial charge is 0.744 e. The van der Waals surface area contributed by atoms with E-state index in [4.69, 9.17) is 0 Å². The summed E-state index contributed by atoms with van der Waals surface area (Å²) in [5.74, 6) is 0.230. The molecule has 0 saturated heterocycles. The first-order chi connectivity index (χ1) is 6.92. The van der Waals surface area contributed by atoms with Gasteiger partial charge in [-0.2, -0.15) is 0 Å². The summed E-state index contributed by atoms with van der Waals surface area (Å²) in [4.78, 5) is 0.110. The second-order valence-corrected chi connectivity index (χ2v) is 5.02. The first-order valence-electron chi connectivity index (χ1n) is 5.59. The zero-order chi connectivity index (χ0) is 12.1. The van der Waals surface area contributed by atoms with Gasteiger partial charge in [0, 0.05) is 4.91 Å². The molecular weight excluding hydrogens is 226 g/mol. The number of hydrogen-bond donors (Lipinski definition) is 1. The Kier molecular flexibility index (Phi) is 8.78. The molecule has 16 heavy (non-hydrogen) atoms. The van der Waals surface area contributed by atoms with Gasteiger partial charge in [-0.05, 0) is 31.6 Å². The van der Waals surface area contributed by atoms with Gasteiger partial charge in [0.1, 0.15) is 10.1 Å². The molecule has 4 N–H and O–H groups in total. The van der Waals surface area contributed by atoms with Crippen LogP contribution in [0.3, 0.4) is 0 Å². The van der Waals surface area contributed by atoms with Crippen molar-refractivity contribution in [2.75, 3.05) is 0 Å². The first-order valence-corrected chi connectivity index (χ1v) is 7.00. The van der Waals surface area contributed by atoms with E-state index in [1.54, 1.807) is 6.92 Å². The monoisotopic (exact) mass is 251 g/mol. The highest BCUT2D eigenvalue weighted by molar-refractivity contribution is 7.89. The molecule has 0 unspecified atom stereocenters. The molecule has 0 fully saturated rings. The molecule has 0 bridgehead atoms. The first kappa shape index (κ1) is 18.0. The Balaban J connectivity index is 0. The molecule has 0 heterocycles. The van der Waals surface area contributed by atoms with Crippen LogP contribution in [-0.4, -0.2) is 13.0 Å². The van der Waals surface area contributed by atoms with Gasteiger partial charge in [-0.1, -0.05) is 33.3 Å². The second kappa shape index (κ2) is 7.81. The van der Waals surface area contributed by atoms with Crippen LogP contribution in [0, 0.1) is 5.92 Å². The predicted molar refractivity (Wildman–Crippen MR) is 67.4 cm³/mol. The smallest absolute Gasteiger partial charge is 0.120 e. The molecule has 0 aromatic heterocycles. The third-order valence-corrected chi connectivity index (χ3v) is 3.99. The molecule has 0 amide bonds. The van der Waals surface area contributed by atoms with Crippen molar-refractivity contribution < 1.29 is 13.0 Å². The lowest BCUT2D eigenvalue weighted by Gasteiger charge is -2.22. The van der Waals surface area contributed by atoms with Crippen molar-refractivity contribution in [1.82, 2.24) is 6.15 Å². The standard InChI is InChI=1S/C11H22O3S.H3N/c1-5-9(6-2)10(7-3)11(8-4)15(12,13)14;/h9H,5-8H2,1-4H3,(H,12,13,14);1H3. The minimum atomic E-state index is -4.26. The van der Waals surface area contributed by atoms with Gasteiger partial charge < -0.3 is 10.7 Å². The van der Waals surface area contributed by atoms with Gasteiger partial charge in [0.05, 0.1) is 0 Å². The number of quaternary nitrogens is 1. The third kappa shape index (κ3) is 4.63. The lowest BCUT2D eigenvalue weighted by atomic mass is 9.91. The van der Waals surface area contributed by atoms with E-state index in [9.17, 15) is 13.0 Å². The van der Waals surface area contributed by atoms with Crippen molar-refractivity contribution in [1.29, 1.82) is 0 Å². The quantitative estimate of drug-likeness (QED) is 0.733. The van der Waals surface area contributed by atoms with Crippen molar-refractivity contribution in [2.24, 2.45) is 5.92 Å². The van der Waals surface area contributed by atoms with E-state index in [1.165, 1.54) is 0 Å². The third-order valence-electron chi connectivity index (χ3n) is 2.84. The lowest BCUT2D eigenvalue weighted by molar-refractivity contribution is 0.465. The second-order valence-electron chi connectivity index (χ2n) is 3.62. The van der Waals surface area contributed by atoms with E-state index in [-0.39, 0.29) is 17.0 Å². The summed E-state index contributed by atoms with van der Waals surface area (Å²) in [5, 5.41) is 0. The molecule has 0 aromatic rings. The van der Waals surface area contributed by atoms with Crippen LogP contribution in [0.1, 0.15) is 53.4 Å². The topological polar surface area (TPSA) is 93.7 Å². The maximum atomic E-state index is 11.1. The fourth-order valence-corrected chi connectivity index (χ4v) is 3.05. The SMILES string of the molecule is CCC(=C(CC)S(=O)(=O)[O-])C(CC)CC.[NH4+]. The fraction of sp³-hybridized carbons (Fsp3) is 0.818. The molecule has 98 valence electrons. The summed E-state index contributed by atoms with van der Waals surface area (Å²) in [6.45, 7) is 7.68. The Bertz CT molecular complexity index is 316. The zero-order valence-electron chi connectivity index (χ0n) is 11.0. The maximum absolute atomic E-state index is 11.1. The molecule has 0 aliphatic heterocycles. The van der Waals surface area contributed by atoms with Gasteiger partial charge >= 0.3 is 0 Å². The van der Waals surface area contributed by atoms with Crippen LogP contribution in [-0.2, 0) is 10.1 Å². The van der Waals surface area contributed by atoms with Crippen LogP contribution < -0.4 is 6.15 Å². The Hall–Kier alpha value is -0.390. The Morgan fingerprint density at radius 3 is 1.69 bits per heavy atom. The van der Waals surface area contributed by atoms with Crippen molar-refractivity contribution in [3.05, 3.63) is 10.5 Å². The van der Waals surface area contributed by atoms with Gasteiger partial charge in [-0.3, -0.25) is 0 Å². The number of hydrogen-bond acceptors (Lipinski definition) is 3. The predicted octanol–water partition coefficient (Wildman–Crippen LogP) is 3.42. The van der Waals surface area contributed by atoms with E-state index < -0.39 is 10.1 Å². The summed E-state index contributed by atoms with van der Waals surface area (Å²) >= 11 is 0. The summed E-state index contributed by atoms with van der Waals surface area (Å²) in [6, 6.07) is 0. The molecule has 0 radical (unpaired) electrons. The highest BCUT2D eigenvalue weighted by atomic mass is 32.2. The van der Waals surface area contributed by atoms with Gasteiger partial charge in [0.2, 0.25) is 0 Å². The van der Waals surface area contributed by atoms with Crippen LogP contribution >= 0.6 is 0 Å². The normalized spacial score (nSPS) is 13.4. The summed E-state index contributed by atoms with van der Waals surface area (Å²) in [7, 11) is -4.26. The summed E-state index contributed by atoms with van der Waals surface area (Å²) in [6.07, 6.45) is 2.74. The van der Waals surface area contributed by atoms with E-state index >= 15 is 0 Å². The van der Waals surface area contributed by atoms with Gasteiger partial charge in [0.25, 0.3) is 0 Å². The van der Waals surface area contributed by atoms with Crippen molar-refractivity contribution in [2.45, 2.75) is 53.4 Å². The molecule has 0 aliphatic rings. The van der Waals surface area contributed by atoms with E-state index in [0.29, 0.717) is 12.8 Å². The molecular formula is C11H25NO3S. The van der Waals surface area contributed by atoms with Crippen LogP contribution in [0.15, 0.2) is 10.5 Å².